The molecule has 0 radical (unpaired) electrons. The second-order valence-electron chi connectivity index (χ2n) is 4.40. The Morgan fingerprint density at radius 1 is 1.38 bits per heavy atom. The first-order valence-corrected chi connectivity index (χ1v) is 5.76. The van der Waals surface area contributed by atoms with Crippen molar-refractivity contribution >= 4 is 5.69 Å². The van der Waals surface area contributed by atoms with Gasteiger partial charge in [-0.15, -0.1) is 0 Å². The van der Waals surface area contributed by atoms with Crippen molar-refractivity contribution in [3.05, 3.63) is 29.3 Å². The van der Waals surface area contributed by atoms with Crippen molar-refractivity contribution in [1.29, 1.82) is 5.26 Å². The second kappa shape index (κ2) is 5.55. The van der Waals surface area contributed by atoms with Crippen LogP contribution in [0.4, 0.5) is 5.69 Å². The number of aryl methyl sites for hydroxylation is 2. The molecule has 0 aliphatic heterocycles. The standard InChI is InChI=1S/C14H20N2/c1-5-13(9-15)10-16(4)14-8-11(2)6-7-12(14)3/h6-8,13H,5,10H2,1-4H3. The molecule has 1 atom stereocenters. The minimum atomic E-state index is 0.116. The molecule has 0 fully saturated rings. The van der Waals surface area contributed by atoms with Crippen LogP contribution in [0.3, 0.4) is 0 Å². The molecule has 0 bridgehead atoms. The molecule has 16 heavy (non-hydrogen) atoms. The van der Waals surface area contributed by atoms with E-state index in [1.807, 2.05) is 0 Å². The maximum absolute atomic E-state index is 8.97. The van der Waals surface area contributed by atoms with E-state index in [0.29, 0.717) is 0 Å². The molecule has 0 spiro atoms. The zero-order chi connectivity index (χ0) is 12.1. The largest absolute Gasteiger partial charge is 0.373 e. The van der Waals surface area contributed by atoms with Crippen molar-refractivity contribution < 1.29 is 0 Å². The zero-order valence-corrected chi connectivity index (χ0v) is 10.6. The maximum Gasteiger partial charge on any atom is 0.0674 e. The molecule has 1 rings (SSSR count). The maximum atomic E-state index is 8.97. The Kier molecular flexibility index (Phi) is 4.37. The van der Waals surface area contributed by atoms with Crippen molar-refractivity contribution in [2.75, 3.05) is 18.5 Å². The third-order valence-corrected chi connectivity index (χ3v) is 2.95. The first-order chi connectivity index (χ1) is 7.58. The minimum absolute atomic E-state index is 0.116. The van der Waals surface area contributed by atoms with Crippen LogP contribution in [0.15, 0.2) is 18.2 Å². The van der Waals surface area contributed by atoms with Crippen LogP contribution < -0.4 is 4.90 Å². The molecule has 2 heteroatoms. The second-order valence-corrected chi connectivity index (χ2v) is 4.40. The molecular formula is C14H20N2. The van der Waals surface area contributed by atoms with E-state index in [2.05, 4.69) is 57.0 Å². The van der Waals surface area contributed by atoms with Crippen molar-refractivity contribution in [3.63, 3.8) is 0 Å². The lowest BCUT2D eigenvalue weighted by molar-refractivity contribution is 0.630. The fourth-order valence-corrected chi connectivity index (χ4v) is 1.82. The van der Waals surface area contributed by atoms with Gasteiger partial charge >= 0.3 is 0 Å². The van der Waals surface area contributed by atoms with Gasteiger partial charge in [-0.05, 0) is 37.5 Å². The summed E-state index contributed by atoms with van der Waals surface area (Å²) in [4.78, 5) is 2.18. The molecule has 0 N–H and O–H groups in total. The summed E-state index contributed by atoms with van der Waals surface area (Å²) < 4.78 is 0. The highest BCUT2D eigenvalue weighted by Crippen LogP contribution is 2.21. The van der Waals surface area contributed by atoms with Gasteiger partial charge in [0.25, 0.3) is 0 Å². The molecule has 0 saturated carbocycles. The summed E-state index contributed by atoms with van der Waals surface area (Å²) in [7, 11) is 2.06. The van der Waals surface area contributed by atoms with Gasteiger partial charge in [0.05, 0.1) is 12.0 Å². The quantitative estimate of drug-likeness (QED) is 0.772. The van der Waals surface area contributed by atoms with E-state index < -0.39 is 0 Å². The Labute approximate surface area is 98.5 Å². The van der Waals surface area contributed by atoms with Crippen LogP contribution in [0, 0.1) is 31.1 Å². The number of nitriles is 1. The van der Waals surface area contributed by atoms with E-state index in [9.17, 15) is 0 Å². The van der Waals surface area contributed by atoms with Gasteiger partial charge in [0, 0.05) is 19.3 Å². The fraction of sp³-hybridized carbons (Fsp3) is 0.500. The summed E-state index contributed by atoms with van der Waals surface area (Å²) in [6.07, 6.45) is 0.908. The summed E-state index contributed by atoms with van der Waals surface area (Å²) in [5.41, 5.74) is 3.76. The summed E-state index contributed by atoms with van der Waals surface area (Å²) in [6.45, 7) is 7.07. The van der Waals surface area contributed by atoms with Gasteiger partial charge in [0.1, 0.15) is 0 Å². The molecule has 1 aromatic carbocycles. The number of anilines is 1. The van der Waals surface area contributed by atoms with Gasteiger partial charge in [-0.2, -0.15) is 5.26 Å². The van der Waals surface area contributed by atoms with Gasteiger partial charge in [-0.3, -0.25) is 0 Å². The Hall–Kier alpha value is -1.49. The number of hydrogen-bond acceptors (Lipinski definition) is 2. The lowest BCUT2D eigenvalue weighted by Gasteiger charge is -2.23. The first kappa shape index (κ1) is 12.6. The number of rotatable bonds is 4. The summed E-state index contributed by atoms with van der Waals surface area (Å²) in [6, 6.07) is 8.78. The smallest absolute Gasteiger partial charge is 0.0674 e. The fourth-order valence-electron chi connectivity index (χ4n) is 1.82. The third-order valence-electron chi connectivity index (χ3n) is 2.95. The molecule has 0 saturated heterocycles. The van der Waals surface area contributed by atoms with Crippen molar-refractivity contribution in [2.24, 2.45) is 5.92 Å². The van der Waals surface area contributed by atoms with E-state index in [-0.39, 0.29) is 5.92 Å². The van der Waals surface area contributed by atoms with Gasteiger partial charge in [0.2, 0.25) is 0 Å². The zero-order valence-electron chi connectivity index (χ0n) is 10.6. The van der Waals surface area contributed by atoms with Crippen LogP contribution in [-0.2, 0) is 0 Å². The minimum Gasteiger partial charge on any atom is -0.373 e. The van der Waals surface area contributed by atoms with Crippen LogP contribution >= 0.6 is 0 Å². The highest BCUT2D eigenvalue weighted by Gasteiger charge is 2.10. The molecular weight excluding hydrogens is 196 g/mol. The molecule has 0 heterocycles. The highest BCUT2D eigenvalue weighted by atomic mass is 15.1. The molecule has 0 aromatic heterocycles. The molecule has 1 aromatic rings. The average Bonchev–Trinajstić information content (AvgIpc) is 2.28. The van der Waals surface area contributed by atoms with E-state index in [4.69, 9.17) is 5.26 Å². The first-order valence-electron chi connectivity index (χ1n) is 5.76. The van der Waals surface area contributed by atoms with Gasteiger partial charge in [0.15, 0.2) is 0 Å². The molecule has 86 valence electrons. The van der Waals surface area contributed by atoms with Gasteiger partial charge in [-0.25, -0.2) is 0 Å². The van der Waals surface area contributed by atoms with Crippen molar-refractivity contribution in [3.8, 4) is 6.07 Å². The predicted molar refractivity (Wildman–Crippen MR) is 68.6 cm³/mol. The summed E-state index contributed by atoms with van der Waals surface area (Å²) >= 11 is 0. The lowest BCUT2D eigenvalue weighted by atomic mass is 10.1. The number of hydrogen-bond donors (Lipinski definition) is 0. The van der Waals surface area contributed by atoms with E-state index in [1.54, 1.807) is 0 Å². The molecule has 2 nitrogen and oxygen atoms in total. The average molecular weight is 216 g/mol. The van der Waals surface area contributed by atoms with Crippen LogP contribution in [0.5, 0.6) is 0 Å². The van der Waals surface area contributed by atoms with Crippen LogP contribution in [-0.4, -0.2) is 13.6 Å². The van der Waals surface area contributed by atoms with Gasteiger partial charge < -0.3 is 4.90 Å². The monoisotopic (exact) mass is 216 g/mol. The molecule has 0 aliphatic rings. The summed E-state index contributed by atoms with van der Waals surface area (Å²) in [5, 5.41) is 8.97. The van der Waals surface area contributed by atoms with Crippen LogP contribution in [0.25, 0.3) is 0 Å². The normalized spacial score (nSPS) is 11.9. The Morgan fingerprint density at radius 3 is 2.62 bits per heavy atom. The Balaban J connectivity index is 2.84. The van der Waals surface area contributed by atoms with Crippen molar-refractivity contribution in [2.45, 2.75) is 27.2 Å². The molecule has 0 amide bonds. The topological polar surface area (TPSA) is 27.0 Å². The van der Waals surface area contributed by atoms with Crippen LogP contribution in [0.1, 0.15) is 24.5 Å². The lowest BCUT2D eigenvalue weighted by Crippen LogP contribution is -2.25. The molecule has 0 aliphatic carbocycles. The van der Waals surface area contributed by atoms with E-state index in [1.165, 1.54) is 16.8 Å². The van der Waals surface area contributed by atoms with Gasteiger partial charge in [-0.1, -0.05) is 19.1 Å². The SMILES string of the molecule is CCC(C#N)CN(C)c1cc(C)ccc1C. The highest BCUT2D eigenvalue weighted by molar-refractivity contribution is 5.54. The number of benzene rings is 1. The Bertz CT molecular complexity index is 390. The summed E-state index contributed by atoms with van der Waals surface area (Å²) in [5.74, 6) is 0.116. The van der Waals surface area contributed by atoms with E-state index >= 15 is 0 Å². The third kappa shape index (κ3) is 3.00. The van der Waals surface area contributed by atoms with E-state index in [0.717, 1.165) is 13.0 Å². The molecule has 1 unspecified atom stereocenters. The van der Waals surface area contributed by atoms with Crippen LogP contribution in [0.2, 0.25) is 0 Å². The number of nitrogens with zero attached hydrogens (tertiary/aromatic N) is 2. The predicted octanol–water partition coefficient (Wildman–Crippen LogP) is 3.29. The van der Waals surface area contributed by atoms with Crippen molar-refractivity contribution in [1.82, 2.24) is 0 Å². The Morgan fingerprint density at radius 2 is 2.06 bits per heavy atom.